The molecule has 30 heavy (non-hydrogen) atoms. The van der Waals surface area contributed by atoms with Crippen LogP contribution in [0.5, 0.6) is 5.75 Å². The molecule has 2 heterocycles. The highest BCUT2D eigenvalue weighted by Crippen LogP contribution is 2.26. The quantitative estimate of drug-likeness (QED) is 0.527. The Morgan fingerprint density at radius 1 is 1.10 bits per heavy atom. The van der Waals surface area contributed by atoms with Gasteiger partial charge in [-0.15, -0.1) is 0 Å². The van der Waals surface area contributed by atoms with Crippen molar-refractivity contribution in [1.82, 2.24) is 14.8 Å². The van der Waals surface area contributed by atoms with E-state index in [1.54, 1.807) is 12.3 Å². The van der Waals surface area contributed by atoms with Crippen LogP contribution in [0.15, 0.2) is 79.3 Å². The summed E-state index contributed by atoms with van der Waals surface area (Å²) in [6, 6.07) is 21.1. The Kier molecular flexibility index (Phi) is 5.22. The van der Waals surface area contributed by atoms with Crippen molar-refractivity contribution in [2.24, 2.45) is 0 Å². The van der Waals surface area contributed by atoms with E-state index >= 15 is 0 Å². The number of carboxylic acids is 1. The van der Waals surface area contributed by atoms with Gasteiger partial charge in [0.15, 0.2) is 5.82 Å². The van der Waals surface area contributed by atoms with Gasteiger partial charge in [0.05, 0.1) is 23.4 Å². The van der Waals surface area contributed by atoms with Crippen LogP contribution >= 0.6 is 0 Å². The van der Waals surface area contributed by atoms with Gasteiger partial charge < -0.3 is 9.84 Å². The molecular weight excluding hydrogens is 380 g/mol. The van der Waals surface area contributed by atoms with E-state index in [0.29, 0.717) is 23.6 Å². The standard InChI is InChI=1S/C23H16N4O3/c24-11-18-10-22(27-14-19(12-26-27)23(28)29)25-13-21(18)17-6-8-20(9-7-17)30-15-16-4-2-1-3-5-16/h1-10,12-14H,15H2,(H,28,29). The molecule has 2 aromatic heterocycles. The van der Waals surface area contributed by atoms with E-state index < -0.39 is 5.97 Å². The van der Waals surface area contributed by atoms with E-state index in [4.69, 9.17) is 9.84 Å². The summed E-state index contributed by atoms with van der Waals surface area (Å²) in [5.74, 6) is 0.0157. The average molecular weight is 396 g/mol. The second kappa shape index (κ2) is 8.29. The summed E-state index contributed by atoms with van der Waals surface area (Å²) in [7, 11) is 0. The molecule has 0 unspecified atom stereocenters. The van der Waals surface area contributed by atoms with Gasteiger partial charge in [-0.05, 0) is 23.3 Å². The number of carbonyl (C=O) groups is 1. The molecule has 0 saturated heterocycles. The molecule has 0 atom stereocenters. The third-order valence-electron chi connectivity index (χ3n) is 4.49. The highest BCUT2D eigenvalue weighted by Gasteiger charge is 2.12. The van der Waals surface area contributed by atoms with Crippen LogP contribution in [0, 0.1) is 11.3 Å². The molecule has 7 heteroatoms. The van der Waals surface area contributed by atoms with Crippen LogP contribution in [0.25, 0.3) is 16.9 Å². The SMILES string of the molecule is N#Cc1cc(-n2cc(C(=O)O)cn2)ncc1-c1ccc(OCc2ccccc2)cc1. The molecule has 146 valence electrons. The van der Waals surface area contributed by atoms with E-state index in [2.05, 4.69) is 16.2 Å². The van der Waals surface area contributed by atoms with Gasteiger partial charge in [0.25, 0.3) is 0 Å². The molecule has 1 N–H and O–H groups in total. The molecule has 4 rings (SSSR count). The van der Waals surface area contributed by atoms with Crippen molar-refractivity contribution in [3.63, 3.8) is 0 Å². The highest BCUT2D eigenvalue weighted by molar-refractivity contribution is 5.87. The molecule has 0 bridgehead atoms. The third kappa shape index (κ3) is 4.03. The minimum absolute atomic E-state index is 0.0467. The predicted octanol–water partition coefficient (Wildman–Crippen LogP) is 4.08. The van der Waals surface area contributed by atoms with Crippen molar-refractivity contribution in [2.45, 2.75) is 6.61 Å². The number of hydrogen-bond donors (Lipinski definition) is 1. The van der Waals surface area contributed by atoms with Gasteiger partial charge in [-0.2, -0.15) is 10.4 Å². The number of pyridine rings is 1. The van der Waals surface area contributed by atoms with E-state index in [1.807, 2.05) is 54.6 Å². The Bertz CT molecular complexity index is 1230. The van der Waals surface area contributed by atoms with Crippen molar-refractivity contribution in [1.29, 1.82) is 5.26 Å². The minimum Gasteiger partial charge on any atom is -0.489 e. The highest BCUT2D eigenvalue weighted by atomic mass is 16.5. The Hall–Kier alpha value is -4.44. The van der Waals surface area contributed by atoms with Crippen LogP contribution in [0.2, 0.25) is 0 Å². The number of benzene rings is 2. The maximum Gasteiger partial charge on any atom is 0.338 e. The largest absolute Gasteiger partial charge is 0.489 e. The van der Waals surface area contributed by atoms with Gasteiger partial charge in [-0.3, -0.25) is 0 Å². The zero-order valence-corrected chi connectivity index (χ0v) is 15.8. The van der Waals surface area contributed by atoms with E-state index in [0.717, 1.165) is 16.9 Å². The lowest BCUT2D eigenvalue weighted by Gasteiger charge is -2.09. The maximum atomic E-state index is 11.0. The number of nitriles is 1. The molecule has 4 aromatic rings. The van der Waals surface area contributed by atoms with Crippen molar-refractivity contribution in [3.8, 4) is 28.8 Å². The predicted molar refractivity (Wildman–Crippen MR) is 109 cm³/mol. The van der Waals surface area contributed by atoms with Crippen LogP contribution < -0.4 is 4.74 Å². The molecule has 0 aliphatic heterocycles. The maximum absolute atomic E-state index is 11.0. The van der Waals surface area contributed by atoms with Crippen molar-refractivity contribution < 1.29 is 14.6 Å². The minimum atomic E-state index is -1.08. The van der Waals surface area contributed by atoms with Crippen LogP contribution in [0.1, 0.15) is 21.5 Å². The van der Waals surface area contributed by atoms with E-state index in [-0.39, 0.29) is 5.56 Å². The molecule has 0 amide bonds. The van der Waals surface area contributed by atoms with Crippen molar-refractivity contribution in [2.75, 3.05) is 0 Å². The second-order valence-electron chi connectivity index (χ2n) is 6.48. The summed E-state index contributed by atoms with van der Waals surface area (Å²) in [5, 5.41) is 22.6. The molecular formula is C23H16N4O3. The molecule has 2 aromatic carbocycles. The first kappa shape index (κ1) is 18.9. The van der Waals surface area contributed by atoms with Gasteiger partial charge in [0.2, 0.25) is 0 Å². The Morgan fingerprint density at radius 2 is 1.87 bits per heavy atom. The van der Waals surface area contributed by atoms with Crippen molar-refractivity contribution >= 4 is 5.97 Å². The zero-order chi connectivity index (χ0) is 20.9. The van der Waals surface area contributed by atoms with Crippen LogP contribution in [0.3, 0.4) is 0 Å². The summed E-state index contributed by atoms with van der Waals surface area (Å²) < 4.78 is 7.13. The summed E-state index contributed by atoms with van der Waals surface area (Å²) >= 11 is 0. The number of nitrogens with zero attached hydrogens (tertiary/aromatic N) is 4. The third-order valence-corrected chi connectivity index (χ3v) is 4.49. The van der Waals surface area contributed by atoms with Crippen LogP contribution in [-0.4, -0.2) is 25.8 Å². The number of aromatic nitrogens is 3. The fraction of sp³-hybridized carbons (Fsp3) is 0.0435. The molecule has 0 spiro atoms. The first-order chi connectivity index (χ1) is 14.6. The average Bonchev–Trinajstić information content (AvgIpc) is 3.29. The normalized spacial score (nSPS) is 10.4. The van der Waals surface area contributed by atoms with Gasteiger partial charge >= 0.3 is 5.97 Å². The lowest BCUT2D eigenvalue weighted by Crippen LogP contribution is -2.00. The summed E-state index contributed by atoms with van der Waals surface area (Å²) in [5.41, 5.74) is 3.03. The van der Waals surface area contributed by atoms with E-state index in [1.165, 1.54) is 17.1 Å². The lowest BCUT2D eigenvalue weighted by molar-refractivity contribution is 0.0697. The van der Waals surface area contributed by atoms with Gasteiger partial charge in [0, 0.05) is 24.0 Å². The van der Waals surface area contributed by atoms with Gasteiger partial charge in [-0.25, -0.2) is 14.5 Å². The van der Waals surface area contributed by atoms with E-state index in [9.17, 15) is 10.1 Å². The molecule has 7 nitrogen and oxygen atoms in total. The second-order valence-corrected chi connectivity index (χ2v) is 6.48. The first-order valence-corrected chi connectivity index (χ1v) is 9.09. The summed E-state index contributed by atoms with van der Waals surface area (Å²) in [6.45, 7) is 0.474. The number of carboxylic acid groups (broad SMARTS) is 1. The smallest absolute Gasteiger partial charge is 0.338 e. The van der Waals surface area contributed by atoms with Crippen LogP contribution in [0.4, 0.5) is 0 Å². The fourth-order valence-electron chi connectivity index (χ4n) is 2.92. The number of hydrogen-bond acceptors (Lipinski definition) is 5. The molecule has 0 fully saturated rings. The molecule has 0 saturated carbocycles. The van der Waals surface area contributed by atoms with Crippen molar-refractivity contribution in [3.05, 3.63) is 95.9 Å². The van der Waals surface area contributed by atoms with Crippen LogP contribution in [-0.2, 0) is 6.61 Å². The Balaban J connectivity index is 1.54. The number of aromatic carboxylic acids is 1. The topological polar surface area (TPSA) is 101 Å². The summed E-state index contributed by atoms with van der Waals surface area (Å²) in [4.78, 5) is 15.4. The molecule has 0 aliphatic carbocycles. The first-order valence-electron chi connectivity index (χ1n) is 9.09. The van der Waals surface area contributed by atoms with Gasteiger partial charge in [-0.1, -0.05) is 42.5 Å². The zero-order valence-electron chi connectivity index (χ0n) is 15.8. The Morgan fingerprint density at radius 3 is 2.53 bits per heavy atom. The fourth-order valence-corrected chi connectivity index (χ4v) is 2.92. The molecule has 0 aliphatic rings. The lowest BCUT2D eigenvalue weighted by atomic mass is 10.0. The number of rotatable bonds is 6. The molecule has 0 radical (unpaired) electrons. The van der Waals surface area contributed by atoms with Gasteiger partial charge in [0.1, 0.15) is 12.4 Å². The Labute approximate surface area is 172 Å². The monoisotopic (exact) mass is 396 g/mol. The summed E-state index contributed by atoms with van der Waals surface area (Å²) in [6.07, 6.45) is 4.17. The number of ether oxygens (including phenoxy) is 1.